The number of amides is 1. The Labute approximate surface area is 121 Å². The fourth-order valence-electron chi connectivity index (χ4n) is 2.51. The third-order valence-electron chi connectivity index (χ3n) is 3.77. The maximum absolute atomic E-state index is 11.9. The molecule has 1 aliphatic heterocycles. The quantitative estimate of drug-likeness (QED) is 0.897. The number of nitrogens with one attached hydrogen (secondary N) is 1. The van der Waals surface area contributed by atoms with Gasteiger partial charge < -0.3 is 15.1 Å². The summed E-state index contributed by atoms with van der Waals surface area (Å²) in [4.78, 5) is 16.4. The van der Waals surface area contributed by atoms with Crippen LogP contribution in [0.15, 0.2) is 24.3 Å². The second-order valence-electron chi connectivity index (χ2n) is 5.64. The molecule has 0 radical (unpaired) electrons. The molecular formula is C16H25N3O. The van der Waals surface area contributed by atoms with Crippen LogP contribution in [0.5, 0.6) is 0 Å². The zero-order valence-electron chi connectivity index (χ0n) is 12.6. The molecule has 1 aliphatic rings. The average Bonchev–Trinajstić information content (AvgIpc) is 2.47. The van der Waals surface area contributed by atoms with Crippen LogP contribution in [-0.4, -0.2) is 44.5 Å². The Morgan fingerprint density at radius 3 is 2.40 bits per heavy atom. The Morgan fingerprint density at radius 1 is 1.15 bits per heavy atom. The van der Waals surface area contributed by atoms with E-state index in [2.05, 4.69) is 10.2 Å². The van der Waals surface area contributed by atoms with Crippen molar-refractivity contribution in [3.8, 4) is 0 Å². The smallest absolute Gasteiger partial charge is 0.225 e. The zero-order valence-corrected chi connectivity index (χ0v) is 12.6. The number of rotatable bonds is 5. The van der Waals surface area contributed by atoms with Crippen molar-refractivity contribution in [1.82, 2.24) is 4.90 Å². The number of likely N-dealkylation sites (tertiary alicyclic amines) is 1. The van der Waals surface area contributed by atoms with Crippen LogP contribution >= 0.6 is 0 Å². The van der Waals surface area contributed by atoms with Gasteiger partial charge in [0.2, 0.25) is 5.91 Å². The normalized spacial score (nSPS) is 15.9. The molecule has 4 heteroatoms. The third-order valence-corrected chi connectivity index (χ3v) is 3.77. The molecule has 0 spiro atoms. The molecule has 0 saturated carbocycles. The fourth-order valence-corrected chi connectivity index (χ4v) is 2.51. The second kappa shape index (κ2) is 7.29. The lowest BCUT2D eigenvalue weighted by atomic mass is 10.1. The molecule has 1 saturated heterocycles. The lowest BCUT2D eigenvalue weighted by Crippen LogP contribution is -2.32. The van der Waals surface area contributed by atoms with Crippen molar-refractivity contribution >= 4 is 17.3 Å². The van der Waals surface area contributed by atoms with E-state index in [0.29, 0.717) is 6.42 Å². The number of piperidine rings is 1. The number of anilines is 2. The highest BCUT2D eigenvalue weighted by Gasteiger charge is 2.11. The van der Waals surface area contributed by atoms with E-state index in [9.17, 15) is 4.79 Å². The molecule has 1 fully saturated rings. The minimum Gasteiger partial charge on any atom is -0.378 e. The van der Waals surface area contributed by atoms with Crippen molar-refractivity contribution in [1.29, 1.82) is 0 Å². The molecule has 1 N–H and O–H groups in total. The first kappa shape index (κ1) is 14.9. The van der Waals surface area contributed by atoms with E-state index < -0.39 is 0 Å². The lowest BCUT2D eigenvalue weighted by Gasteiger charge is -2.25. The SMILES string of the molecule is CN(C)c1ccc(NC(=O)CCN2CCCCC2)cc1. The number of benzene rings is 1. The van der Waals surface area contributed by atoms with Crippen LogP contribution in [0, 0.1) is 0 Å². The Hall–Kier alpha value is -1.55. The molecule has 1 heterocycles. The summed E-state index contributed by atoms with van der Waals surface area (Å²) in [5, 5.41) is 2.96. The van der Waals surface area contributed by atoms with E-state index in [1.54, 1.807) is 0 Å². The predicted molar refractivity (Wildman–Crippen MR) is 84.3 cm³/mol. The van der Waals surface area contributed by atoms with Crippen LogP contribution in [0.1, 0.15) is 25.7 Å². The van der Waals surface area contributed by atoms with Crippen LogP contribution in [0.2, 0.25) is 0 Å². The number of nitrogens with zero attached hydrogens (tertiary/aromatic N) is 2. The van der Waals surface area contributed by atoms with Gasteiger partial charge in [-0.3, -0.25) is 4.79 Å². The summed E-state index contributed by atoms with van der Waals surface area (Å²) in [6, 6.07) is 7.93. The van der Waals surface area contributed by atoms with E-state index >= 15 is 0 Å². The Balaban J connectivity index is 1.75. The summed E-state index contributed by atoms with van der Waals surface area (Å²) in [6.07, 6.45) is 4.46. The number of carbonyl (C=O) groups excluding carboxylic acids is 1. The summed E-state index contributed by atoms with van der Waals surface area (Å²) < 4.78 is 0. The number of hydrogen-bond acceptors (Lipinski definition) is 3. The van der Waals surface area contributed by atoms with Gasteiger partial charge in [0.05, 0.1) is 0 Å². The van der Waals surface area contributed by atoms with Gasteiger partial charge in [-0.05, 0) is 50.2 Å². The first-order valence-corrected chi connectivity index (χ1v) is 7.45. The van der Waals surface area contributed by atoms with E-state index in [1.807, 2.05) is 43.3 Å². The summed E-state index contributed by atoms with van der Waals surface area (Å²) in [7, 11) is 4.01. The molecule has 110 valence electrons. The van der Waals surface area contributed by atoms with Crippen molar-refractivity contribution in [3.05, 3.63) is 24.3 Å². The van der Waals surface area contributed by atoms with Gasteiger partial charge in [-0.25, -0.2) is 0 Å². The van der Waals surface area contributed by atoms with Crippen molar-refractivity contribution in [2.24, 2.45) is 0 Å². The van der Waals surface area contributed by atoms with Gasteiger partial charge in [0, 0.05) is 38.4 Å². The monoisotopic (exact) mass is 275 g/mol. The van der Waals surface area contributed by atoms with Gasteiger partial charge in [0.15, 0.2) is 0 Å². The molecule has 0 atom stereocenters. The molecule has 0 bridgehead atoms. The standard InChI is InChI=1S/C16H25N3O/c1-18(2)15-8-6-14(7-9-15)17-16(20)10-13-19-11-4-3-5-12-19/h6-9H,3-5,10-13H2,1-2H3,(H,17,20). The number of carbonyl (C=O) groups is 1. The van der Waals surface area contributed by atoms with Crippen LogP contribution in [0.4, 0.5) is 11.4 Å². The van der Waals surface area contributed by atoms with Gasteiger partial charge in [0.1, 0.15) is 0 Å². The van der Waals surface area contributed by atoms with Crippen molar-refractivity contribution < 1.29 is 4.79 Å². The number of hydrogen-bond donors (Lipinski definition) is 1. The van der Waals surface area contributed by atoms with E-state index in [0.717, 1.165) is 31.0 Å². The van der Waals surface area contributed by atoms with Crippen molar-refractivity contribution in [2.45, 2.75) is 25.7 Å². The molecule has 0 aliphatic carbocycles. The minimum atomic E-state index is 0.105. The molecule has 1 aromatic rings. The van der Waals surface area contributed by atoms with Crippen LogP contribution in [0.3, 0.4) is 0 Å². The maximum atomic E-state index is 11.9. The highest BCUT2D eigenvalue weighted by atomic mass is 16.1. The van der Waals surface area contributed by atoms with Crippen LogP contribution < -0.4 is 10.2 Å². The van der Waals surface area contributed by atoms with Crippen molar-refractivity contribution in [3.63, 3.8) is 0 Å². The first-order valence-electron chi connectivity index (χ1n) is 7.45. The largest absolute Gasteiger partial charge is 0.378 e. The Morgan fingerprint density at radius 2 is 1.80 bits per heavy atom. The van der Waals surface area contributed by atoms with Crippen LogP contribution in [0.25, 0.3) is 0 Å². The first-order chi connectivity index (χ1) is 9.65. The molecule has 2 rings (SSSR count). The van der Waals surface area contributed by atoms with E-state index in [4.69, 9.17) is 0 Å². The fraction of sp³-hybridized carbons (Fsp3) is 0.562. The molecule has 20 heavy (non-hydrogen) atoms. The maximum Gasteiger partial charge on any atom is 0.225 e. The van der Waals surface area contributed by atoms with Gasteiger partial charge >= 0.3 is 0 Å². The highest BCUT2D eigenvalue weighted by molar-refractivity contribution is 5.91. The average molecular weight is 275 g/mol. The highest BCUT2D eigenvalue weighted by Crippen LogP contribution is 2.16. The Bertz CT molecular complexity index is 422. The lowest BCUT2D eigenvalue weighted by molar-refractivity contribution is -0.116. The van der Waals surface area contributed by atoms with Gasteiger partial charge in [-0.2, -0.15) is 0 Å². The van der Waals surface area contributed by atoms with Crippen LogP contribution in [-0.2, 0) is 4.79 Å². The molecule has 4 nitrogen and oxygen atoms in total. The molecule has 1 aromatic carbocycles. The van der Waals surface area contributed by atoms with E-state index in [-0.39, 0.29) is 5.91 Å². The summed E-state index contributed by atoms with van der Waals surface area (Å²) in [5.74, 6) is 0.105. The van der Waals surface area contributed by atoms with Gasteiger partial charge in [0.25, 0.3) is 0 Å². The zero-order chi connectivity index (χ0) is 14.4. The predicted octanol–water partition coefficient (Wildman–Crippen LogP) is 2.57. The topological polar surface area (TPSA) is 35.6 Å². The summed E-state index contributed by atoms with van der Waals surface area (Å²) >= 11 is 0. The molecule has 0 unspecified atom stereocenters. The third kappa shape index (κ3) is 4.53. The van der Waals surface area contributed by atoms with Crippen molar-refractivity contribution in [2.75, 3.05) is 43.9 Å². The second-order valence-corrected chi connectivity index (χ2v) is 5.64. The van der Waals surface area contributed by atoms with Gasteiger partial charge in [-0.1, -0.05) is 6.42 Å². The molecule has 0 aromatic heterocycles. The Kier molecular flexibility index (Phi) is 5.41. The molecular weight excluding hydrogens is 250 g/mol. The minimum absolute atomic E-state index is 0.105. The molecule has 1 amide bonds. The summed E-state index contributed by atoms with van der Waals surface area (Å²) in [5.41, 5.74) is 2.01. The van der Waals surface area contributed by atoms with Gasteiger partial charge in [-0.15, -0.1) is 0 Å². The summed E-state index contributed by atoms with van der Waals surface area (Å²) in [6.45, 7) is 3.16. The van der Waals surface area contributed by atoms with E-state index in [1.165, 1.54) is 19.3 Å².